The highest BCUT2D eigenvalue weighted by molar-refractivity contribution is 6.31. The van der Waals surface area contributed by atoms with Crippen molar-refractivity contribution in [3.05, 3.63) is 57.6 Å². The number of methoxy groups -OCH3 is 1. The lowest BCUT2D eigenvalue weighted by molar-refractivity contribution is 0.110. The van der Waals surface area contributed by atoms with Crippen LogP contribution in [0, 0.1) is 0 Å². The Hall–Kier alpha value is -1.46. The van der Waals surface area contributed by atoms with Crippen molar-refractivity contribution in [2.24, 2.45) is 0 Å². The maximum atomic E-state index is 6.43. The Labute approximate surface area is 164 Å². The molecule has 0 spiro atoms. The fourth-order valence-corrected chi connectivity index (χ4v) is 3.34. The smallest absolute Gasteiger partial charge is 0.163 e. The highest BCUT2D eigenvalue weighted by Gasteiger charge is 2.16. The second-order valence-electron chi connectivity index (χ2n) is 6.24. The van der Waals surface area contributed by atoms with Crippen LogP contribution in [0.5, 0.6) is 11.5 Å². The fraction of sp³-hybridized carbons (Fsp3) is 0.400. The molecule has 0 saturated carbocycles. The first-order valence-electron chi connectivity index (χ1n) is 8.72. The normalized spacial score (nSPS) is 16.7. The zero-order valence-electron chi connectivity index (χ0n) is 14.8. The Morgan fingerprint density at radius 3 is 2.69 bits per heavy atom. The van der Waals surface area contributed by atoms with E-state index in [4.69, 9.17) is 37.4 Å². The molecule has 0 radical (unpaired) electrons. The average Bonchev–Trinajstić information content (AvgIpc) is 3.16. The quantitative estimate of drug-likeness (QED) is 0.693. The average molecular weight is 396 g/mol. The summed E-state index contributed by atoms with van der Waals surface area (Å²) in [6, 6.07) is 11.3. The van der Waals surface area contributed by atoms with Crippen LogP contribution in [0.4, 0.5) is 0 Å². The second kappa shape index (κ2) is 9.47. The SMILES string of the molecule is COc1cc(CNCC2CCCO2)c(Cl)cc1OCc1ccccc1Cl. The predicted molar refractivity (Wildman–Crippen MR) is 104 cm³/mol. The molecule has 1 atom stereocenters. The molecule has 0 amide bonds. The number of halogens is 2. The van der Waals surface area contributed by atoms with Crippen LogP contribution >= 0.6 is 23.2 Å². The third-order valence-electron chi connectivity index (χ3n) is 4.39. The lowest BCUT2D eigenvalue weighted by Gasteiger charge is -2.15. The Kier molecular flexibility index (Phi) is 7.03. The number of ether oxygens (including phenoxy) is 3. The molecule has 0 aliphatic carbocycles. The molecule has 1 aliphatic rings. The van der Waals surface area contributed by atoms with Gasteiger partial charge in [-0.2, -0.15) is 0 Å². The Balaban J connectivity index is 1.63. The summed E-state index contributed by atoms with van der Waals surface area (Å²) in [6.07, 6.45) is 2.55. The highest BCUT2D eigenvalue weighted by atomic mass is 35.5. The minimum Gasteiger partial charge on any atom is -0.493 e. The van der Waals surface area contributed by atoms with E-state index in [-0.39, 0.29) is 0 Å². The van der Waals surface area contributed by atoms with Crippen LogP contribution in [0.3, 0.4) is 0 Å². The molecule has 1 N–H and O–H groups in total. The summed E-state index contributed by atoms with van der Waals surface area (Å²) in [5.41, 5.74) is 1.88. The van der Waals surface area contributed by atoms with Gasteiger partial charge >= 0.3 is 0 Å². The third kappa shape index (κ3) is 5.04. The van der Waals surface area contributed by atoms with Gasteiger partial charge < -0.3 is 19.5 Å². The molecule has 1 saturated heterocycles. The largest absolute Gasteiger partial charge is 0.493 e. The first-order chi connectivity index (χ1) is 12.7. The van der Waals surface area contributed by atoms with Crippen LogP contribution in [0.1, 0.15) is 24.0 Å². The van der Waals surface area contributed by atoms with E-state index in [0.717, 1.165) is 37.1 Å². The van der Waals surface area contributed by atoms with Gasteiger partial charge in [-0.05, 0) is 30.5 Å². The first kappa shape index (κ1) is 19.3. The van der Waals surface area contributed by atoms with Crippen LogP contribution < -0.4 is 14.8 Å². The Bertz CT molecular complexity index is 733. The lowest BCUT2D eigenvalue weighted by Crippen LogP contribution is -2.25. The molecule has 2 aromatic rings. The van der Waals surface area contributed by atoms with E-state index in [9.17, 15) is 0 Å². The Morgan fingerprint density at radius 2 is 1.96 bits per heavy atom. The number of nitrogens with one attached hydrogen (secondary N) is 1. The molecule has 2 aromatic carbocycles. The standard InChI is InChI=1S/C20H23Cl2NO3/c1-24-19-9-15(11-23-12-16-6-4-8-25-16)18(22)10-20(19)26-13-14-5-2-3-7-17(14)21/h2-3,5,7,9-10,16,23H,4,6,8,11-13H2,1H3. The summed E-state index contributed by atoms with van der Waals surface area (Å²) < 4.78 is 17.0. The van der Waals surface area contributed by atoms with E-state index in [1.165, 1.54) is 0 Å². The molecule has 3 rings (SSSR count). The van der Waals surface area contributed by atoms with Gasteiger partial charge in [-0.3, -0.25) is 0 Å². The van der Waals surface area contributed by atoms with E-state index in [0.29, 0.717) is 40.8 Å². The van der Waals surface area contributed by atoms with Crippen molar-refractivity contribution < 1.29 is 14.2 Å². The van der Waals surface area contributed by atoms with Crippen molar-refractivity contribution in [3.63, 3.8) is 0 Å². The number of hydrogen-bond donors (Lipinski definition) is 1. The van der Waals surface area contributed by atoms with Gasteiger partial charge in [0.15, 0.2) is 11.5 Å². The molecular formula is C20H23Cl2NO3. The van der Waals surface area contributed by atoms with Crippen LogP contribution in [0.25, 0.3) is 0 Å². The van der Waals surface area contributed by atoms with Crippen LogP contribution in [-0.4, -0.2) is 26.4 Å². The van der Waals surface area contributed by atoms with Crippen LogP contribution in [0.2, 0.25) is 10.0 Å². The van der Waals surface area contributed by atoms with Gasteiger partial charge in [0.2, 0.25) is 0 Å². The molecule has 1 aliphatic heterocycles. The summed E-state index contributed by atoms with van der Waals surface area (Å²) in [7, 11) is 1.62. The first-order valence-corrected chi connectivity index (χ1v) is 9.48. The van der Waals surface area contributed by atoms with Gasteiger partial charge in [0.05, 0.1) is 13.2 Å². The van der Waals surface area contributed by atoms with E-state index < -0.39 is 0 Å². The molecule has 0 bridgehead atoms. The van der Waals surface area contributed by atoms with Gasteiger partial charge in [-0.15, -0.1) is 0 Å². The summed E-state index contributed by atoms with van der Waals surface area (Å²) in [6.45, 7) is 2.69. The molecule has 1 unspecified atom stereocenters. The predicted octanol–water partition coefficient (Wildman–Crippen LogP) is 4.85. The number of rotatable bonds is 8. The maximum absolute atomic E-state index is 6.43. The maximum Gasteiger partial charge on any atom is 0.163 e. The van der Waals surface area contributed by atoms with E-state index in [1.54, 1.807) is 13.2 Å². The Morgan fingerprint density at radius 1 is 1.12 bits per heavy atom. The molecule has 0 aromatic heterocycles. The van der Waals surface area contributed by atoms with Gasteiger partial charge in [0, 0.05) is 41.4 Å². The molecule has 26 heavy (non-hydrogen) atoms. The highest BCUT2D eigenvalue weighted by Crippen LogP contribution is 2.34. The van der Waals surface area contributed by atoms with E-state index in [2.05, 4.69) is 5.32 Å². The zero-order valence-corrected chi connectivity index (χ0v) is 16.3. The summed E-state index contributed by atoms with van der Waals surface area (Å²) >= 11 is 12.6. The lowest BCUT2D eigenvalue weighted by atomic mass is 10.2. The molecule has 1 fully saturated rings. The topological polar surface area (TPSA) is 39.7 Å². The summed E-state index contributed by atoms with van der Waals surface area (Å²) in [5.74, 6) is 1.25. The van der Waals surface area contributed by atoms with Crippen molar-refractivity contribution in [2.45, 2.75) is 32.1 Å². The van der Waals surface area contributed by atoms with Crippen LogP contribution in [0.15, 0.2) is 36.4 Å². The minimum atomic E-state index is 0.300. The van der Waals surface area contributed by atoms with Crippen molar-refractivity contribution in [2.75, 3.05) is 20.3 Å². The van der Waals surface area contributed by atoms with Gasteiger partial charge in [0.1, 0.15) is 6.61 Å². The number of hydrogen-bond acceptors (Lipinski definition) is 4. The van der Waals surface area contributed by atoms with Crippen LogP contribution in [-0.2, 0) is 17.9 Å². The van der Waals surface area contributed by atoms with Crippen molar-refractivity contribution in [1.82, 2.24) is 5.32 Å². The minimum absolute atomic E-state index is 0.300. The van der Waals surface area contributed by atoms with Crippen molar-refractivity contribution >= 4 is 23.2 Å². The van der Waals surface area contributed by atoms with E-state index in [1.807, 2.05) is 30.3 Å². The van der Waals surface area contributed by atoms with E-state index >= 15 is 0 Å². The number of benzene rings is 2. The van der Waals surface area contributed by atoms with Gasteiger partial charge in [-0.25, -0.2) is 0 Å². The monoisotopic (exact) mass is 395 g/mol. The summed E-state index contributed by atoms with van der Waals surface area (Å²) in [4.78, 5) is 0. The van der Waals surface area contributed by atoms with Crippen molar-refractivity contribution in [3.8, 4) is 11.5 Å². The summed E-state index contributed by atoms with van der Waals surface area (Å²) in [5, 5.41) is 4.71. The van der Waals surface area contributed by atoms with Gasteiger partial charge in [0.25, 0.3) is 0 Å². The second-order valence-corrected chi connectivity index (χ2v) is 7.05. The molecule has 4 nitrogen and oxygen atoms in total. The third-order valence-corrected chi connectivity index (χ3v) is 5.11. The fourth-order valence-electron chi connectivity index (χ4n) is 2.93. The molecule has 1 heterocycles. The molecule has 140 valence electrons. The van der Waals surface area contributed by atoms with Crippen molar-refractivity contribution in [1.29, 1.82) is 0 Å². The molecule has 6 heteroatoms. The zero-order chi connectivity index (χ0) is 18.4. The molecular weight excluding hydrogens is 373 g/mol. The van der Waals surface area contributed by atoms with Gasteiger partial charge in [-0.1, -0.05) is 41.4 Å².